The Bertz CT molecular complexity index is 619. The molecule has 0 aromatic heterocycles. The molecule has 1 saturated heterocycles. The summed E-state index contributed by atoms with van der Waals surface area (Å²) in [4.78, 5) is 1.46. The lowest BCUT2D eigenvalue weighted by molar-refractivity contribution is 0.200. The normalized spacial score (nSPS) is 21.2. The predicted octanol–water partition coefficient (Wildman–Crippen LogP) is 2.12. The van der Waals surface area contributed by atoms with Gasteiger partial charge < -0.3 is 4.90 Å². The molecular formula is C15H20F2N2O2S. The van der Waals surface area contributed by atoms with Crippen molar-refractivity contribution in [3.63, 3.8) is 0 Å². The molecule has 2 aliphatic rings. The van der Waals surface area contributed by atoms with Crippen molar-refractivity contribution in [3.05, 3.63) is 29.8 Å². The van der Waals surface area contributed by atoms with Crippen LogP contribution in [0.3, 0.4) is 0 Å². The largest absolute Gasteiger partial charge is 0.303 e. The molecule has 22 heavy (non-hydrogen) atoms. The van der Waals surface area contributed by atoms with E-state index in [2.05, 4.69) is 9.62 Å². The molecule has 0 unspecified atom stereocenters. The summed E-state index contributed by atoms with van der Waals surface area (Å²) in [6.07, 6.45) is 3.92. The summed E-state index contributed by atoms with van der Waals surface area (Å²) in [5, 5.41) is 0. The average Bonchev–Trinajstić information content (AvgIpc) is 3.24. The van der Waals surface area contributed by atoms with Crippen molar-refractivity contribution in [3.8, 4) is 0 Å². The summed E-state index contributed by atoms with van der Waals surface area (Å²) < 4.78 is 54.2. The zero-order valence-electron chi connectivity index (χ0n) is 12.3. The highest BCUT2D eigenvalue weighted by atomic mass is 32.2. The first-order valence-corrected chi connectivity index (χ1v) is 9.13. The number of hydrogen-bond donors (Lipinski definition) is 1. The third-order valence-electron chi connectivity index (χ3n) is 4.31. The van der Waals surface area contributed by atoms with Crippen molar-refractivity contribution in [2.24, 2.45) is 5.92 Å². The van der Waals surface area contributed by atoms with Crippen LogP contribution in [0, 0.1) is 17.6 Å². The van der Waals surface area contributed by atoms with Gasteiger partial charge in [-0.2, -0.15) is 0 Å². The molecule has 1 N–H and O–H groups in total. The Morgan fingerprint density at radius 2 is 1.68 bits per heavy atom. The van der Waals surface area contributed by atoms with Gasteiger partial charge in [-0.05, 0) is 56.8 Å². The lowest BCUT2D eigenvalue weighted by atomic mass is 10.1. The lowest BCUT2D eigenvalue weighted by Crippen LogP contribution is -2.45. The van der Waals surface area contributed by atoms with Gasteiger partial charge in [0.15, 0.2) is 4.90 Å². The third-order valence-corrected chi connectivity index (χ3v) is 5.88. The van der Waals surface area contributed by atoms with E-state index >= 15 is 0 Å². The van der Waals surface area contributed by atoms with Crippen LogP contribution in [-0.2, 0) is 10.0 Å². The molecule has 0 atom stereocenters. The third kappa shape index (κ3) is 3.64. The van der Waals surface area contributed by atoms with Gasteiger partial charge in [0.2, 0.25) is 10.0 Å². The summed E-state index contributed by atoms with van der Waals surface area (Å²) in [5.74, 6) is -1.31. The maximum atomic E-state index is 13.6. The summed E-state index contributed by atoms with van der Waals surface area (Å²) in [7, 11) is -4.17. The second-order valence-corrected chi connectivity index (χ2v) is 7.84. The van der Waals surface area contributed by atoms with E-state index in [1.165, 1.54) is 12.8 Å². The van der Waals surface area contributed by atoms with Crippen LogP contribution in [0.25, 0.3) is 0 Å². The van der Waals surface area contributed by atoms with Crippen molar-refractivity contribution < 1.29 is 17.2 Å². The zero-order valence-corrected chi connectivity index (χ0v) is 13.1. The van der Waals surface area contributed by atoms with Gasteiger partial charge in [0, 0.05) is 12.6 Å². The minimum atomic E-state index is -4.17. The Hall–Kier alpha value is -1.05. The molecule has 0 spiro atoms. The Morgan fingerprint density at radius 1 is 1.09 bits per heavy atom. The number of piperidine rings is 1. The van der Waals surface area contributed by atoms with Crippen molar-refractivity contribution in [2.75, 3.05) is 19.6 Å². The van der Waals surface area contributed by atoms with Crippen molar-refractivity contribution >= 4 is 10.0 Å². The first kappa shape index (κ1) is 15.8. The molecule has 1 aromatic carbocycles. The summed E-state index contributed by atoms with van der Waals surface area (Å²) in [5.41, 5.74) is 0. The number of nitrogens with one attached hydrogen (secondary N) is 1. The highest BCUT2D eigenvalue weighted by Gasteiger charge is 2.30. The van der Waals surface area contributed by atoms with Crippen LogP contribution >= 0.6 is 0 Å². The van der Waals surface area contributed by atoms with Gasteiger partial charge in [-0.15, -0.1) is 0 Å². The molecule has 0 radical (unpaired) electrons. The van der Waals surface area contributed by atoms with Crippen molar-refractivity contribution in [1.82, 2.24) is 9.62 Å². The standard InChI is InChI=1S/C15H20F2N2O2S/c16-13-2-1-3-14(17)15(13)22(20,21)18-12-6-8-19(9-7-12)10-11-4-5-11/h1-3,11-12,18H,4-10H2. The number of hydrogen-bond acceptors (Lipinski definition) is 3. The molecule has 1 aliphatic carbocycles. The van der Waals surface area contributed by atoms with E-state index in [1.54, 1.807) is 0 Å². The molecule has 0 amide bonds. The van der Waals surface area contributed by atoms with E-state index in [0.717, 1.165) is 43.8 Å². The van der Waals surface area contributed by atoms with Gasteiger partial charge in [0.1, 0.15) is 11.6 Å². The molecular weight excluding hydrogens is 310 g/mol. The summed E-state index contributed by atoms with van der Waals surface area (Å²) >= 11 is 0. The molecule has 3 rings (SSSR count). The molecule has 1 aromatic rings. The lowest BCUT2D eigenvalue weighted by Gasteiger charge is -2.32. The van der Waals surface area contributed by atoms with E-state index in [-0.39, 0.29) is 6.04 Å². The first-order chi connectivity index (χ1) is 10.5. The molecule has 0 bridgehead atoms. The van der Waals surface area contributed by atoms with Crippen LogP contribution in [0.2, 0.25) is 0 Å². The highest BCUT2D eigenvalue weighted by Crippen LogP contribution is 2.30. The van der Waals surface area contributed by atoms with Crippen LogP contribution < -0.4 is 4.72 Å². The fourth-order valence-electron chi connectivity index (χ4n) is 2.92. The van der Waals surface area contributed by atoms with E-state index in [0.29, 0.717) is 12.8 Å². The number of halogens is 2. The number of nitrogens with zero attached hydrogens (tertiary/aromatic N) is 1. The fraction of sp³-hybridized carbons (Fsp3) is 0.600. The number of likely N-dealkylation sites (tertiary alicyclic amines) is 1. The maximum Gasteiger partial charge on any atom is 0.246 e. The highest BCUT2D eigenvalue weighted by molar-refractivity contribution is 7.89. The summed E-state index contributed by atoms with van der Waals surface area (Å²) in [6, 6.07) is 2.80. The average molecular weight is 330 g/mol. The zero-order chi connectivity index (χ0) is 15.7. The van der Waals surface area contributed by atoms with Gasteiger partial charge in [0.25, 0.3) is 0 Å². The molecule has 1 heterocycles. The van der Waals surface area contributed by atoms with Crippen molar-refractivity contribution in [2.45, 2.75) is 36.6 Å². The van der Waals surface area contributed by atoms with Crippen LogP contribution in [0.5, 0.6) is 0 Å². The monoisotopic (exact) mass is 330 g/mol. The SMILES string of the molecule is O=S(=O)(NC1CCN(CC2CC2)CC1)c1c(F)cccc1F. The molecule has 7 heteroatoms. The van der Waals surface area contributed by atoms with E-state index in [9.17, 15) is 17.2 Å². The quantitative estimate of drug-likeness (QED) is 0.900. The van der Waals surface area contributed by atoms with Crippen LogP contribution in [-0.4, -0.2) is 39.0 Å². The molecule has 1 aliphatic heterocycles. The van der Waals surface area contributed by atoms with Gasteiger partial charge in [-0.1, -0.05) is 6.07 Å². The minimum absolute atomic E-state index is 0.264. The van der Waals surface area contributed by atoms with Crippen LogP contribution in [0.4, 0.5) is 8.78 Å². The number of benzene rings is 1. The van der Waals surface area contributed by atoms with Gasteiger partial charge >= 0.3 is 0 Å². The van der Waals surface area contributed by atoms with Crippen LogP contribution in [0.15, 0.2) is 23.1 Å². The first-order valence-electron chi connectivity index (χ1n) is 7.64. The predicted molar refractivity (Wildman–Crippen MR) is 78.9 cm³/mol. The fourth-order valence-corrected chi connectivity index (χ4v) is 4.36. The van der Waals surface area contributed by atoms with Gasteiger partial charge in [0.05, 0.1) is 0 Å². The Morgan fingerprint density at radius 3 is 2.23 bits per heavy atom. The molecule has 1 saturated carbocycles. The van der Waals surface area contributed by atoms with Gasteiger partial charge in [-0.3, -0.25) is 0 Å². The van der Waals surface area contributed by atoms with Crippen LogP contribution in [0.1, 0.15) is 25.7 Å². The maximum absolute atomic E-state index is 13.6. The second kappa shape index (κ2) is 6.22. The van der Waals surface area contributed by atoms with E-state index in [4.69, 9.17) is 0 Å². The van der Waals surface area contributed by atoms with Crippen molar-refractivity contribution in [1.29, 1.82) is 0 Å². The Labute approximate surface area is 129 Å². The Balaban J connectivity index is 1.62. The summed E-state index contributed by atoms with van der Waals surface area (Å²) in [6.45, 7) is 2.73. The topological polar surface area (TPSA) is 49.4 Å². The number of rotatable bonds is 5. The molecule has 4 nitrogen and oxygen atoms in total. The van der Waals surface area contributed by atoms with E-state index < -0.39 is 26.6 Å². The Kier molecular flexibility index (Phi) is 4.47. The minimum Gasteiger partial charge on any atom is -0.303 e. The molecule has 122 valence electrons. The molecule has 2 fully saturated rings. The number of sulfonamides is 1. The van der Waals surface area contributed by atoms with E-state index in [1.807, 2.05) is 0 Å². The van der Waals surface area contributed by atoms with Gasteiger partial charge in [-0.25, -0.2) is 21.9 Å². The second-order valence-electron chi connectivity index (χ2n) is 6.19. The smallest absolute Gasteiger partial charge is 0.246 e.